The molecule has 92 valence electrons. The van der Waals surface area contributed by atoms with Crippen LogP contribution in [0, 0.1) is 6.92 Å². The van der Waals surface area contributed by atoms with Gasteiger partial charge in [-0.3, -0.25) is 4.72 Å². The van der Waals surface area contributed by atoms with Gasteiger partial charge in [0.05, 0.1) is 0 Å². The standard InChI is InChI=1S/C8H9N3O4S2/c1-5-9-10-8(16-5)11-17(13,14)7-3-2-6(4-12)15-7/h2-3,12H,4H2,1H3,(H,10,11). The number of nitrogens with zero attached hydrogens (tertiary/aromatic N) is 2. The van der Waals surface area contributed by atoms with Crippen LogP contribution in [0.3, 0.4) is 0 Å². The largest absolute Gasteiger partial charge is 0.445 e. The van der Waals surface area contributed by atoms with E-state index in [4.69, 9.17) is 9.52 Å². The van der Waals surface area contributed by atoms with E-state index in [0.717, 1.165) is 11.3 Å². The van der Waals surface area contributed by atoms with Crippen LogP contribution in [0.2, 0.25) is 0 Å². The molecule has 9 heteroatoms. The van der Waals surface area contributed by atoms with Crippen molar-refractivity contribution in [3.05, 3.63) is 22.9 Å². The van der Waals surface area contributed by atoms with Gasteiger partial charge in [0.1, 0.15) is 17.4 Å². The van der Waals surface area contributed by atoms with Crippen LogP contribution in [0.5, 0.6) is 0 Å². The average molecular weight is 275 g/mol. The van der Waals surface area contributed by atoms with Gasteiger partial charge in [0.25, 0.3) is 10.0 Å². The molecule has 0 aliphatic heterocycles. The second kappa shape index (κ2) is 4.43. The number of furan rings is 1. The summed E-state index contributed by atoms with van der Waals surface area (Å²) in [6.07, 6.45) is 0. The molecule has 0 fully saturated rings. The zero-order valence-corrected chi connectivity index (χ0v) is 10.4. The van der Waals surface area contributed by atoms with Crippen LogP contribution < -0.4 is 4.72 Å². The molecule has 0 amide bonds. The molecule has 0 saturated carbocycles. The highest BCUT2D eigenvalue weighted by Crippen LogP contribution is 2.20. The van der Waals surface area contributed by atoms with Gasteiger partial charge in [0, 0.05) is 0 Å². The Morgan fingerprint density at radius 3 is 2.76 bits per heavy atom. The van der Waals surface area contributed by atoms with E-state index < -0.39 is 10.0 Å². The number of nitrogens with one attached hydrogen (secondary N) is 1. The Hall–Kier alpha value is -1.45. The van der Waals surface area contributed by atoms with E-state index in [1.807, 2.05) is 0 Å². The van der Waals surface area contributed by atoms with Crippen molar-refractivity contribution < 1.29 is 17.9 Å². The number of hydrogen-bond acceptors (Lipinski definition) is 7. The van der Waals surface area contributed by atoms with Crippen molar-refractivity contribution in [2.45, 2.75) is 18.6 Å². The third-order valence-corrected chi connectivity index (χ3v) is 3.90. The van der Waals surface area contributed by atoms with E-state index in [-0.39, 0.29) is 22.6 Å². The van der Waals surface area contributed by atoms with Crippen molar-refractivity contribution in [3.8, 4) is 0 Å². The van der Waals surface area contributed by atoms with E-state index in [0.29, 0.717) is 5.01 Å². The second-order valence-electron chi connectivity index (χ2n) is 3.11. The van der Waals surface area contributed by atoms with Crippen molar-refractivity contribution in [2.75, 3.05) is 4.72 Å². The predicted octanol–water partition coefficient (Wildman–Crippen LogP) is 0.733. The maximum absolute atomic E-state index is 11.8. The van der Waals surface area contributed by atoms with Gasteiger partial charge in [-0.1, -0.05) is 11.3 Å². The molecule has 0 bridgehead atoms. The predicted molar refractivity (Wildman–Crippen MR) is 60.1 cm³/mol. The lowest BCUT2D eigenvalue weighted by Crippen LogP contribution is -2.11. The van der Waals surface area contributed by atoms with E-state index >= 15 is 0 Å². The summed E-state index contributed by atoms with van der Waals surface area (Å²) in [6, 6.07) is 2.65. The summed E-state index contributed by atoms with van der Waals surface area (Å²) in [6.45, 7) is 1.36. The van der Waals surface area contributed by atoms with E-state index in [1.54, 1.807) is 6.92 Å². The fourth-order valence-corrected chi connectivity index (χ4v) is 2.86. The van der Waals surface area contributed by atoms with Crippen molar-refractivity contribution in [1.29, 1.82) is 0 Å². The number of hydrogen-bond donors (Lipinski definition) is 2. The zero-order chi connectivity index (χ0) is 12.5. The first kappa shape index (κ1) is 12.0. The van der Waals surface area contributed by atoms with Crippen LogP contribution in [-0.4, -0.2) is 23.7 Å². The van der Waals surface area contributed by atoms with Crippen LogP contribution in [0.1, 0.15) is 10.8 Å². The monoisotopic (exact) mass is 275 g/mol. The average Bonchev–Trinajstić information content (AvgIpc) is 2.86. The summed E-state index contributed by atoms with van der Waals surface area (Å²) in [4.78, 5) is 0. The molecule has 0 radical (unpaired) electrons. The minimum Gasteiger partial charge on any atom is -0.445 e. The highest BCUT2D eigenvalue weighted by atomic mass is 32.2. The van der Waals surface area contributed by atoms with Gasteiger partial charge in [-0.15, -0.1) is 10.2 Å². The highest BCUT2D eigenvalue weighted by Gasteiger charge is 2.20. The van der Waals surface area contributed by atoms with Crippen LogP contribution in [0.15, 0.2) is 21.6 Å². The molecule has 0 aromatic carbocycles. The Morgan fingerprint density at radius 2 is 2.24 bits per heavy atom. The Balaban J connectivity index is 2.24. The first-order chi connectivity index (χ1) is 8.01. The number of rotatable bonds is 4. The Labute approximate surface area is 101 Å². The van der Waals surface area contributed by atoms with E-state index in [1.165, 1.54) is 12.1 Å². The summed E-state index contributed by atoms with van der Waals surface area (Å²) >= 11 is 1.12. The number of aliphatic hydroxyl groups is 1. The maximum Gasteiger partial charge on any atom is 0.297 e. The molecule has 2 rings (SSSR count). The van der Waals surface area contributed by atoms with Gasteiger partial charge in [-0.05, 0) is 19.1 Å². The van der Waals surface area contributed by atoms with Crippen LogP contribution in [0.25, 0.3) is 0 Å². The first-order valence-electron chi connectivity index (χ1n) is 4.54. The van der Waals surface area contributed by atoms with Crippen molar-refractivity contribution >= 4 is 26.5 Å². The number of sulfonamides is 1. The Morgan fingerprint density at radius 1 is 1.47 bits per heavy atom. The maximum atomic E-state index is 11.8. The molecule has 17 heavy (non-hydrogen) atoms. The number of aryl methyl sites for hydroxylation is 1. The third kappa shape index (κ3) is 2.62. The second-order valence-corrected chi connectivity index (χ2v) is 5.91. The minimum atomic E-state index is -3.81. The van der Waals surface area contributed by atoms with Gasteiger partial charge in [-0.25, -0.2) is 0 Å². The SMILES string of the molecule is Cc1nnc(NS(=O)(=O)c2ccc(CO)o2)s1. The Kier molecular flexibility index (Phi) is 3.13. The van der Waals surface area contributed by atoms with Gasteiger partial charge >= 0.3 is 0 Å². The number of aliphatic hydroxyl groups excluding tert-OH is 1. The molecule has 2 heterocycles. The molecule has 0 aliphatic carbocycles. The van der Waals surface area contributed by atoms with Crippen molar-refractivity contribution in [2.24, 2.45) is 0 Å². The normalized spacial score (nSPS) is 11.6. The van der Waals surface area contributed by atoms with Gasteiger partial charge in [-0.2, -0.15) is 8.42 Å². The fraction of sp³-hybridized carbons (Fsp3) is 0.250. The van der Waals surface area contributed by atoms with Gasteiger partial charge < -0.3 is 9.52 Å². The molecule has 2 N–H and O–H groups in total. The highest BCUT2D eigenvalue weighted by molar-refractivity contribution is 7.92. The smallest absolute Gasteiger partial charge is 0.297 e. The molecule has 0 saturated heterocycles. The van der Waals surface area contributed by atoms with E-state index in [9.17, 15) is 8.42 Å². The summed E-state index contributed by atoms with van der Waals surface area (Å²) < 4.78 is 30.8. The molecule has 0 spiro atoms. The minimum absolute atomic E-state index is 0.171. The number of aromatic nitrogens is 2. The lowest BCUT2D eigenvalue weighted by atomic mass is 10.5. The molecule has 2 aromatic heterocycles. The Bertz CT molecular complexity index is 616. The van der Waals surface area contributed by atoms with Crippen LogP contribution in [0.4, 0.5) is 5.13 Å². The summed E-state index contributed by atoms with van der Waals surface area (Å²) in [5, 5.41) is 16.7. The van der Waals surface area contributed by atoms with Crippen LogP contribution >= 0.6 is 11.3 Å². The number of anilines is 1. The summed E-state index contributed by atoms with van der Waals surface area (Å²) in [5.41, 5.74) is 0. The zero-order valence-electron chi connectivity index (χ0n) is 8.74. The molecule has 7 nitrogen and oxygen atoms in total. The van der Waals surface area contributed by atoms with Gasteiger partial charge in [0.2, 0.25) is 10.2 Å². The third-order valence-electron chi connectivity index (χ3n) is 1.81. The van der Waals surface area contributed by atoms with Crippen LogP contribution in [-0.2, 0) is 16.6 Å². The molecule has 0 atom stereocenters. The fourth-order valence-electron chi connectivity index (χ4n) is 1.09. The van der Waals surface area contributed by atoms with Crippen molar-refractivity contribution in [3.63, 3.8) is 0 Å². The molecule has 2 aromatic rings. The topological polar surface area (TPSA) is 105 Å². The molecule has 0 unspecified atom stereocenters. The molecular formula is C8H9N3O4S2. The van der Waals surface area contributed by atoms with E-state index in [2.05, 4.69) is 14.9 Å². The molecule has 0 aliphatic rings. The first-order valence-corrected chi connectivity index (χ1v) is 6.84. The summed E-state index contributed by atoms with van der Waals surface area (Å²) in [7, 11) is -3.81. The lowest BCUT2D eigenvalue weighted by Gasteiger charge is -2.00. The molecular weight excluding hydrogens is 266 g/mol. The lowest BCUT2D eigenvalue weighted by molar-refractivity contribution is 0.236. The van der Waals surface area contributed by atoms with Gasteiger partial charge in [0.15, 0.2) is 0 Å². The van der Waals surface area contributed by atoms with Crippen molar-refractivity contribution in [1.82, 2.24) is 10.2 Å². The quantitative estimate of drug-likeness (QED) is 0.852. The summed E-state index contributed by atoms with van der Waals surface area (Å²) in [5.74, 6) is 0.179.